The zero-order chi connectivity index (χ0) is 12.7. The third-order valence-electron chi connectivity index (χ3n) is 2.17. The van der Waals surface area contributed by atoms with Crippen LogP contribution in [0.15, 0.2) is 10.5 Å². The van der Waals surface area contributed by atoms with Gasteiger partial charge in [-0.1, -0.05) is 32.4 Å². The van der Waals surface area contributed by atoms with Gasteiger partial charge >= 0.3 is 0 Å². The zero-order valence-corrected chi connectivity index (χ0v) is 11.4. The van der Waals surface area contributed by atoms with Gasteiger partial charge in [0.1, 0.15) is 10.8 Å². The van der Waals surface area contributed by atoms with Gasteiger partial charge in [0, 0.05) is 11.6 Å². The molecule has 0 aliphatic heterocycles. The number of hydrogen-bond donors (Lipinski definition) is 1. The number of phenolic OH excluding ortho intramolecular Hbond substituents is 1. The summed E-state index contributed by atoms with van der Waals surface area (Å²) in [6.45, 7) is 5.56. The predicted molar refractivity (Wildman–Crippen MR) is 66.2 cm³/mol. The van der Waals surface area contributed by atoms with E-state index in [1.807, 2.05) is 20.8 Å². The highest BCUT2D eigenvalue weighted by atomic mass is 79.9. The summed E-state index contributed by atoms with van der Waals surface area (Å²) in [6.07, 6.45) is 0. The topological polar surface area (TPSA) is 63.4 Å². The Balaban J connectivity index is 3.61. The highest BCUT2D eigenvalue weighted by molar-refractivity contribution is 9.10. The summed E-state index contributed by atoms with van der Waals surface area (Å²) in [4.78, 5) is 10.2. The molecule has 0 amide bonds. The van der Waals surface area contributed by atoms with E-state index in [0.29, 0.717) is 5.56 Å². The molecule has 4 nitrogen and oxygen atoms in total. The van der Waals surface area contributed by atoms with Crippen molar-refractivity contribution >= 4 is 33.2 Å². The molecule has 0 saturated heterocycles. The maximum Gasteiger partial charge on any atom is 0.289 e. The standard InChI is InChI=1S/C10H11BrClNO3/c1-10(2,3)5-4-6(13(15)16)8(12)7(11)9(5)14/h4,14H,1-3H3. The van der Waals surface area contributed by atoms with E-state index in [9.17, 15) is 15.2 Å². The van der Waals surface area contributed by atoms with E-state index in [-0.39, 0.29) is 20.9 Å². The van der Waals surface area contributed by atoms with Crippen LogP contribution in [0.3, 0.4) is 0 Å². The zero-order valence-electron chi connectivity index (χ0n) is 9.04. The summed E-state index contributed by atoms with van der Waals surface area (Å²) in [5.41, 5.74) is -0.131. The molecule has 1 rings (SSSR count). The molecule has 0 heterocycles. The van der Waals surface area contributed by atoms with Crippen molar-refractivity contribution in [3.05, 3.63) is 31.2 Å². The van der Waals surface area contributed by atoms with E-state index >= 15 is 0 Å². The minimum atomic E-state index is -0.568. The fraction of sp³-hybridized carbons (Fsp3) is 0.400. The molecule has 6 heteroatoms. The van der Waals surface area contributed by atoms with Crippen molar-refractivity contribution in [3.8, 4) is 5.75 Å². The van der Waals surface area contributed by atoms with Gasteiger partial charge in [0.05, 0.1) is 9.40 Å². The molecular formula is C10H11BrClNO3. The van der Waals surface area contributed by atoms with E-state index < -0.39 is 10.3 Å². The number of hydrogen-bond acceptors (Lipinski definition) is 3. The number of nitro groups is 1. The maximum absolute atomic E-state index is 10.8. The fourth-order valence-corrected chi connectivity index (χ4v) is 1.94. The predicted octanol–water partition coefficient (Wildman–Crippen LogP) is 4.01. The van der Waals surface area contributed by atoms with E-state index in [4.69, 9.17) is 11.6 Å². The molecule has 88 valence electrons. The van der Waals surface area contributed by atoms with Gasteiger partial charge in [-0.2, -0.15) is 0 Å². The van der Waals surface area contributed by atoms with Gasteiger partial charge in [0.15, 0.2) is 0 Å². The monoisotopic (exact) mass is 307 g/mol. The Hall–Kier alpha value is -0.810. The largest absolute Gasteiger partial charge is 0.506 e. The van der Waals surface area contributed by atoms with Crippen LogP contribution in [0.1, 0.15) is 26.3 Å². The summed E-state index contributed by atoms with van der Waals surface area (Å²) in [5.74, 6) is -0.0527. The molecule has 0 aromatic heterocycles. The van der Waals surface area contributed by atoms with Crippen LogP contribution in [0.4, 0.5) is 5.69 Å². The first-order valence-electron chi connectivity index (χ1n) is 4.52. The first kappa shape index (κ1) is 13.3. The van der Waals surface area contributed by atoms with Gasteiger partial charge in [-0.25, -0.2) is 0 Å². The lowest BCUT2D eigenvalue weighted by Crippen LogP contribution is -2.12. The van der Waals surface area contributed by atoms with E-state index in [0.717, 1.165) is 0 Å². The highest BCUT2D eigenvalue weighted by Crippen LogP contribution is 2.44. The van der Waals surface area contributed by atoms with Crippen molar-refractivity contribution in [2.45, 2.75) is 26.2 Å². The third kappa shape index (κ3) is 2.30. The maximum atomic E-state index is 10.8. The average Bonchev–Trinajstić information content (AvgIpc) is 2.11. The Morgan fingerprint density at radius 2 is 2.00 bits per heavy atom. The van der Waals surface area contributed by atoms with Crippen LogP contribution in [-0.4, -0.2) is 10.0 Å². The summed E-state index contributed by atoms with van der Waals surface area (Å²) in [5, 5.41) is 20.6. The molecule has 0 fully saturated rings. The van der Waals surface area contributed by atoms with Crippen LogP contribution in [0, 0.1) is 10.1 Å². The molecular weight excluding hydrogens is 297 g/mol. The van der Waals surface area contributed by atoms with Gasteiger partial charge in [0.2, 0.25) is 0 Å². The number of nitrogens with zero attached hydrogens (tertiary/aromatic N) is 1. The number of nitro benzene ring substituents is 1. The molecule has 1 aromatic carbocycles. The lowest BCUT2D eigenvalue weighted by molar-refractivity contribution is -0.384. The smallest absolute Gasteiger partial charge is 0.289 e. The van der Waals surface area contributed by atoms with E-state index in [1.54, 1.807) is 0 Å². The fourth-order valence-electron chi connectivity index (χ4n) is 1.31. The SMILES string of the molecule is CC(C)(C)c1cc([N+](=O)[O-])c(Cl)c(Br)c1O. The Bertz CT molecular complexity index is 454. The molecule has 1 N–H and O–H groups in total. The quantitative estimate of drug-likeness (QED) is 0.629. The number of rotatable bonds is 1. The lowest BCUT2D eigenvalue weighted by atomic mass is 9.86. The second-order valence-corrected chi connectivity index (χ2v) is 5.60. The molecule has 0 aliphatic rings. The molecule has 0 bridgehead atoms. The minimum Gasteiger partial charge on any atom is -0.506 e. The Labute approximate surface area is 107 Å². The number of halogens is 2. The Morgan fingerprint density at radius 3 is 2.38 bits per heavy atom. The minimum absolute atomic E-state index is 0.0527. The first-order chi connectivity index (χ1) is 7.16. The van der Waals surface area contributed by atoms with Crippen molar-refractivity contribution < 1.29 is 10.0 Å². The molecule has 0 radical (unpaired) electrons. The third-order valence-corrected chi connectivity index (χ3v) is 3.55. The second kappa shape index (κ2) is 4.22. The van der Waals surface area contributed by atoms with Gasteiger partial charge in [-0.05, 0) is 21.3 Å². The summed E-state index contributed by atoms with van der Waals surface area (Å²) in [7, 11) is 0. The van der Waals surface area contributed by atoms with Gasteiger partial charge in [-0.3, -0.25) is 10.1 Å². The van der Waals surface area contributed by atoms with Crippen LogP contribution in [0.2, 0.25) is 5.02 Å². The van der Waals surface area contributed by atoms with Crippen LogP contribution in [0.25, 0.3) is 0 Å². The van der Waals surface area contributed by atoms with Gasteiger partial charge in [-0.15, -0.1) is 0 Å². The molecule has 16 heavy (non-hydrogen) atoms. The van der Waals surface area contributed by atoms with Crippen LogP contribution in [0.5, 0.6) is 5.75 Å². The number of phenols is 1. The van der Waals surface area contributed by atoms with Gasteiger partial charge < -0.3 is 5.11 Å². The average molecular weight is 309 g/mol. The van der Waals surface area contributed by atoms with Crippen molar-refractivity contribution in [2.75, 3.05) is 0 Å². The van der Waals surface area contributed by atoms with Gasteiger partial charge in [0.25, 0.3) is 5.69 Å². The van der Waals surface area contributed by atoms with Crippen molar-refractivity contribution in [2.24, 2.45) is 0 Å². The van der Waals surface area contributed by atoms with Crippen molar-refractivity contribution in [1.82, 2.24) is 0 Å². The molecule has 0 aliphatic carbocycles. The second-order valence-electron chi connectivity index (χ2n) is 4.43. The molecule has 0 unspecified atom stereocenters. The summed E-state index contributed by atoms with van der Waals surface area (Å²) >= 11 is 8.82. The summed E-state index contributed by atoms with van der Waals surface area (Å²) < 4.78 is 0.160. The van der Waals surface area contributed by atoms with Crippen LogP contribution in [-0.2, 0) is 5.41 Å². The van der Waals surface area contributed by atoms with Crippen LogP contribution < -0.4 is 0 Å². The first-order valence-corrected chi connectivity index (χ1v) is 5.69. The van der Waals surface area contributed by atoms with Crippen molar-refractivity contribution in [3.63, 3.8) is 0 Å². The Morgan fingerprint density at radius 1 is 1.50 bits per heavy atom. The summed E-state index contributed by atoms with van der Waals surface area (Å²) in [6, 6.07) is 1.31. The van der Waals surface area contributed by atoms with E-state index in [1.165, 1.54) is 6.07 Å². The lowest BCUT2D eigenvalue weighted by Gasteiger charge is -2.21. The molecule has 0 saturated carbocycles. The molecule has 0 spiro atoms. The number of aromatic hydroxyl groups is 1. The normalized spacial score (nSPS) is 11.6. The number of benzene rings is 1. The molecule has 1 aromatic rings. The van der Waals surface area contributed by atoms with Crippen molar-refractivity contribution in [1.29, 1.82) is 0 Å². The Kier molecular flexibility index (Phi) is 3.50. The van der Waals surface area contributed by atoms with Crippen LogP contribution >= 0.6 is 27.5 Å². The molecule has 0 atom stereocenters. The van der Waals surface area contributed by atoms with E-state index in [2.05, 4.69) is 15.9 Å². The highest BCUT2D eigenvalue weighted by Gasteiger charge is 2.27.